The van der Waals surface area contributed by atoms with Crippen LogP contribution in [0.1, 0.15) is 24.8 Å². The van der Waals surface area contributed by atoms with Crippen molar-refractivity contribution in [2.75, 3.05) is 14.1 Å². The van der Waals surface area contributed by atoms with Gasteiger partial charge in [-0.05, 0) is 26.0 Å². The van der Waals surface area contributed by atoms with E-state index in [1.807, 2.05) is 26.0 Å². The quantitative estimate of drug-likeness (QED) is 0.902. The van der Waals surface area contributed by atoms with Crippen LogP contribution in [0.4, 0.5) is 0 Å². The molecule has 0 radical (unpaired) electrons. The van der Waals surface area contributed by atoms with Gasteiger partial charge in [0, 0.05) is 25.0 Å². The summed E-state index contributed by atoms with van der Waals surface area (Å²) in [5.74, 6) is 0.0782. The Balaban J connectivity index is 2.58. The van der Waals surface area contributed by atoms with Gasteiger partial charge in [0.15, 0.2) is 0 Å². The lowest BCUT2D eigenvalue weighted by molar-refractivity contribution is -0.130. The first kappa shape index (κ1) is 13.5. The van der Waals surface area contributed by atoms with Crippen LogP contribution in [-0.4, -0.2) is 30.9 Å². The Labute approximate surface area is 105 Å². The molecule has 3 nitrogen and oxygen atoms in total. The maximum Gasteiger partial charge on any atom is 0.238 e. The monoisotopic (exact) mass is 260 g/mol. The van der Waals surface area contributed by atoms with Crippen molar-refractivity contribution in [2.45, 2.75) is 25.9 Å². The number of carbonyl (C=O) groups is 1. The molecule has 1 rings (SSSR count). The third-order valence-corrected chi connectivity index (χ3v) is 3.75. The fourth-order valence-corrected chi connectivity index (χ4v) is 2.55. The van der Waals surface area contributed by atoms with Crippen molar-refractivity contribution < 1.29 is 4.79 Å². The van der Waals surface area contributed by atoms with Gasteiger partial charge in [-0.1, -0.05) is 11.6 Å². The molecule has 0 saturated carbocycles. The van der Waals surface area contributed by atoms with Crippen molar-refractivity contribution in [1.29, 1.82) is 0 Å². The lowest BCUT2D eigenvalue weighted by Crippen LogP contribution is -2.42. The highest BCUT2D eigenvalue weighted by molar-refractivity contribution is 7.16. The summed E-state index contributed by atoms with van der Waals surface area (Å²) in [7, 11) is 3.51. The first-order chi connectivity index (χ1) is 7.41. The second-order valence-corrected chi connectivity index (χ2v) is 5.73. The van der Waals surface area contributed by atoms with Gasteiger partial charge in [-0.15, -0.1) is 11.3 Å². The largest absolute Gasteiger partial charge is 0.347 e. The Bertz CT molecular complexity index is 365. The Kier molecular flexibility index (Phi) is 4.77. The van der Waals surface area contributed by atoms with Crippen LogP contribution in [0, 0.1) is 0 Å². The third kappa shape index (κ3) is 3.47. The fourth-order valence-electron chi connectivity index (χ4n) is 1.48. The lowest BCUT2D eigenvalue weighted by atomic mass is 10.2. The number of halogens is 1. The molecule has 90 valence electrons. The fraction of sp³-hybridized carbons (Fsp3) is 0.545. The van der Waals surface area contributed by atoms with E-state index in [2.05, 4.69) is 5.32 Å². The molecular formula is C11H17ClN2OS. The molecule has 0 aliphatic carbocycles. The summed E-state index contributed by atoms with van der Waals surface area (Å²) in [6, 6.07) is 3.80. The summed E-state index contributed by atoms with van der Waals surface area (Å²) in [5.41, 5.74) is 0. The maximum absolute atomic E-state index is 11.7. The first-order valence-electron chi connectivity index (χ1n) is 5.14. The summed E-state index contributed by atoms with van der Waals surface area (Å²) in [6.45, 7) is 3.90. The number of carbonyl (C=O) groups excluding carboxylic acids is 1. The summed E-state index contributed by atoms with van der Waals surface area (Å²) < 4.78 is 0.773. The minimum absolute atomic E-state index is 0.0782. The number of amides is 1. The van der Waals surface area contributed by atoms with Crippen LogP contribution < -0.4 is 5.32 Å². The van der Waals surface area contributed by atoms with Crippen molar-refractivity contribution in [3.05, 3.63) is 21.3 Å². The van der Waals surface area contributed by atoms with Crippen molar-refractivity contribution in [2.24, 2.45) is 0 Å². The molecule has 1 unspecified atom stereocenters. The molecule has 1 aromatic heterocycles. The predicted octanol–water partition coefficient (Wildman–Crippen LogP) is 2.53. The van der Waals surface area contributed by atoms with Gasteiger partial charge in [-0.2, -0.15) is 0 Å². The van der Waals surface area contributed by atoms with Crippen LogP contribution in [0.5, 0.6) is 0 Å². The third-order valence-electron chi connectivity index (χ3n) is 2.33. The number of nitrogens with zero attached hydrogens (tertiary/aromatic N) is 1. The van der Waals surface area contributed by atoms with Crippen molar-refractivity contribution >= 4 is 28.8 Å². The number of nitrogens with one attached hydrogen (secondary N) is 1. The molecule has 16 heavy (non-hydrogen) atoms. The lowest BCUT2D eigenvalue weighted by Gasteiger charge is -2.21. The molecule has 1 amide bonds. The van der Waals surface area contributed by atoms with Crippen molar-refractivity contribution in [1.82, 2.24) is 10.2 Å². The number of likely N-dealkylation sites (N-methyl/N-ethyl adjacent to an activating group) is 1. The average molecular weight is 261 g/mol. The molecule has 0 spiro atoms. The normalized spacial score (nSPS) is 14.6. The zero-order valence-electron chi connectivity index (χ0n) is 9.95. The van der Waals surface area contributed by atoms with Crippen LogP contribution in [-0.2, 0) is 4.79 Å². The molecule has 1 heterocycles. The average Bonchev–Trinajstić information content (AvgIpc) is 2.63. The molecule has 0 aromatic carbocycles. The summed E-state index contributed by atoms with van der Waals surface area (Å²) in [4.78, 5) is 14.4. The summed E-state index contributed by atoms with van der Waals surface area (Å²) >= 11 is 7.41. The molecule has 0 fully saturated rings. The van der Waals surface area contributed by atoms with Gasteiger partial charge >= 0.3 is 0 Å². The van der Waals surface area contributed by atoms with E-state index >= 15 is 0 Å². The first-order valence-corrected chi connectivity index (χ1v) is 6.33. The smallest absolute Gasteiger partial charge is 0.238 e. The van der Waals surface area contributed by atoms with Gasteiger partial charge in [0.1, 0.15) is 0 Å². The van der Waals surface area contributed by atoms with E-state index in [9.17, 15) is 4.79 Å². The van der Waals surface area contributed by atoms with Crippen molar-refractivity contribution in [3.8, 4) is 0 Å². The van der Waals surface area contributed by atoms with Gasteiger partial charge in [-0.25, -0.2) is 0 Å². The molecular weight excluding hydrogens is 244 g/mol. The van der Waals surface area contributed by atoms with Crippen LogP contribution in [0.25, 0.3) is 0 Å². The SMILES string of the molecule is CC(N[C@H](C)C(=O)N(C)C)c1ccc(Cl)s1. The standard InChI is InChI=1S/C11H17ClN2OS/c1-7(9-5-6-10(12)16-9)13-8(2)11(15)14(3)4/h5-8,13H,1-4H3/t7?,8-/m1/s1. The minimum atomic E-state index is -0.189. The number of thiophene rings is 1. The van der Waals surface area contributed by atoms with Gasteiger partial charge in [0.05, 0.1) is 10.4 Å². The van der Waals surface area contributed by atoms with E-state index in [4.69, 9.17) is 11.6 Å². The highest BCUT2D eigenvalue weighted by Gasteiger charge is 2.18. The maximum atomic E-state index is 11.7. The van der Waals surface area contributed by atoms with Gasteiger partial charge < -0.3 is 4.90 Å². The molecule has 0 aliphatic rings. The highest BCUT2D eigenvalue weighted by Crippen LogP contribution is 2.26. The van der Waals surface area contributed by atoms with E-state index in [1.165, 1.54) is 11.3 Å². The van der Waals surface area contributed by atoms with E-state index in [-0.39, 0.29) is 18.0 Å². The molecule has 5 heteroatoms. The Morgan fingerprint density at radius 3 is 2.50 bits per heavy atom. The van der Waals surface area contributed by atoms with E-state index < -0.39 is 0 Å². The molecule has 1 N–H and O–H groups in total. The van der Waals surface area contributed by atoms with Crippen LogP contribution in [0.3, 0.4) is 0 Å². The zero-order chi connectivity index (χ0) is 12.3. The Morgan fingerprint density at radius 2 is 2.06 bits per heavy atom. The van der Waals surface area contributed by atoms with E-state index in [1.54, 1.807) is 19.0 Å². The van der Waals surface area contributed by atoms with Gasteiger partial charge in [0.2, 0.25) is 5.91 Å². The van der Waals surface area contributed by atoms with Gasteiger partial charge in [-0.3, -0.25) is 10.1 Å². The molecule has 0 aliphatic heterocycles. The number of hydrogen-bond acceptors (Lipinski definition) is 3. The number of hydrogen-bond donors (Lipinski definition) is 1. The van der Waals surface area contributed by atoms with E-state index in [0.29, 0.717) is 0 Å². The minimum Gasteiger partial charge on any atom is -0.347 e. The predicted molar refractivity (Wildman–Crippen MR) is 69.0 cm³/mol. The van der Waals surface area contributed by atoms with Crippen LogP contribution in [0.15, 0.2) is 12.1 Å². The molecule has 0 bridgehead atoms. The number of rotatable bonds is 4. The summed E-state index contributed by atoms with van der Waals surface area (Å²) in [6.07, 6.45) is 0. The zero-order valence-corrected chi connectivity index (χ0v) is 11.5. The molecule has 0 saturated heterocycles. The second-order valence-electron chi connectivity index (χ2n) is 3.98. The summed E-state index contributed by atoms with van der Waals surface area (Å²) in [5, 5.41) is 3.25. The molecule has 2 atom stereocenters. The van der Waals surface area contributed by atoms with Crippen LogP contribution in [0.2, 0.25) is 4.34 Å². The Hall–Kier alpha value is -0.580. The van der Waals surface area contributed by atoms with E-state index in [0.717, 1.165) is 9.21 Å². The van der Waals surface area contributed by atoms with Crippen molar-refractivity contribution in [3.63, 3.8) is 0 Å². The second kappa shape index (κ2) is 5.66. The Morgan fingerprint density at radius 1 is 1.44 bits per heavy atom. The molecule has 1 aromatic rings. The topological polar surface area (TPSA) is 32.3 Å². The highest BCUT2D eigenvalue weighted by atomic mass is 35.5. The van der Waals surface area contributed by atoms with Crippen LogP contribution >= 0.6 is 22.9 Å². The van der Waals surface area contributed by atoms with Gasteiger partial charge in [0.25, 0.3) is 0 Å².